The molecule has 0 amide bonds. The van der Waals surface area contributed by atoms with Gasteiger partial charge in [0, 0.05) is 0 Å². The zero-order valence-corrected chi connectivity index (χ0v) is 15.0. The van der Waals surface area contributed by atoms with Crippen LogP contribution in [-0.2, 0) is 0 Å². The van der Waals surface area contributed by atoms with Crippen LogP contribution in [0.2, 0.25) is 0 Å². The Morgan fingerprint density at radius 1 is 0.810 bits per heavy atom. The first-order valence-electron chi connectivity index (χ1n) is 10.0. The van der Waals surface area contributed by atoms with Crippen molar-refractivity contribution in [2.45, 2.75) is 103 Å². The molecule has 0 aromatic rings. The summed E-state index contributed by atoms with van der Waals surface area (Å²) in [7, 11) is 2.13. The molecule has 1 rings (SSSR count). The van der Waals surface area contributed by atoms with Crippen molar-refractivity contribution in [1.82, 2.24) is 5.32 Å². The summed E-state index contributed by atoms with van der Waals surface area (Å²) in [5.41, 5.74) is 0. The molecule has 1 aliphatic rings. The van der Waals surface area contributed by atoms with Gasteiger partial charge in [-0.05, 0) is 31.8 Å². The molecule has 21 heavy (non-hydrogen) atoms. The molecule has 1 heteroatoms. The number of rotatable bonds is 14. The van der Waals surface area contributed by atoms with Crippen LogP contribution in [0.25, 0.3) is 0 Å². The Morgan fingerprint density at radius 3 is 1.86 bits per heavy atom. The highest BCUT2D eigenvalue weighted by molar-refractivity contribution is 4.76. The average Bonchev–Trinajstić information content (AvgIpc) is 3.02. The van der Waals surface area contributed by atoms with E-state index in [1.807, 2.05) is 0 Å². The number of nitrogens with one attached hydrogen (secondary N) is 1. The second-order valence-electron chi connectivity index (χ2n) is 7.33. The van der Waals surface area contributed by atoms with Gasteiger partial charge in [0.1, 0.15) is 0 Å². The van der Waals surface area contributed by atoms with Gasteiger partial charge in [0.05, 0.1) is 0 Å². The van der Waals surface area contributed by atoms with Gasteiger partial charge in [0.15, 0.2) is 0 Å². The maximum Gasteiger partial charge on any atom is -0.00209 e. The first-order valence-corrected chi connectivity index (χ1v) is 10.0. The van der Waals surface area contributed by atoms with E-state index in [1.165, 1.54) is 103 Å². The molecule has 1 nitrogen and oxygen atoms in total. The second-order valence-corrected chi connectivity index (χ2v) is 7.33. The van der Waals surface area contributed by atoms with E-state index in [0.29, 0.717) is 0 Å². The standard InChI is InChI=1S/C20H41N/c1-3-4-5-6-7-8-9-10-11-12-17-20(18-21-2)19-15-13-14-16-19/h19-21H,3-18H2,1-2H3. The van der Waals surface area contributed by atoms with Crippen LogP contribution in [0.4, 0.5) is 0 Å². The predicted molar refractivity (Wildman–Crippen MR) is 95.8 cm³/mol. The predicted octanol–water partition coefficient (Wildman–Crippen LogP) is 6.32. The zero-order valence-electron chi connectivity index (χ0n) is 15.0. The van der Waals surface area contributed by atoms with Crippen molar-refractivity contribution in [3.63, 3.8) is 0 Å². The van der Waals surface area contributed by atoms with Gasteiger partial charge in [-0.15, -0.1) is 0 Å². The number of unbranched alkanes of at least 4 members (excludes halogenated alkanes) is 9. The number of hydrogen-bond donors (Lipinski definition) is 1. The Morgan fingerprint density at radius 2 is 1.33 bits per heavy atom. The highest BCUT2D eigenvalue weighted by Crippen LogP contribution is 2.33. The zero-order chi connectivity index (χ0) is 15.2. The molecule has 1 saturated carbocycles. The molecule has 1 atom stereocenters. The van der Waals surface area contributed by atoms with E-state index in [4.69, 9.17) is 0 Å². The lowest BCUT2D eigenvalue weighted by Crippen LogP contribution is -2.24. The Balaban J connectivity index is 1.91. The third kappa shape index (κ3) is 9.55. The van der Waals surface area contributed by atoms with E-state index in [1.54, 1.807) is 0 Å². The lowest BCUT2D eigenvalue weighted by atomic mass is 9.86. The third-order valence-electron chi connectivity index (χ3n) is 5.46. The summed E-state index contributed by atoms with van der Waals surface area (Å²) in [6.07, 6.45) is 22.1. The Hall–Kier alpha value is -0.0400. The summed E-state index contributed by atoms with van der Waals surface area (Å²) in [6, 6.07) is 0. The van der Waals surface area contributed by atoms with Gasteiger partial charge in [-0.25, -0.2) is 0 Å². The quantitative estimate of drug-likeness (QED) is 0.370. The minimum Gasteiger partial charge on any atom is -0.319 e. The van der Waals surface area contributed by atoms with Crippen LogP contribution in [0, 0.1) is 11.8 Å². The van der Waals surface area contributed by atoms with Gasteiger partial charge >= 0.3 is 0 Å². The van der Waals surface area contributed by atoms with Crippen LogP contribution in [-0.4, -0.2) is 13.6 Å². The molecule has 0 aliphatic heterocycles. The van der Waals surface area contributed by atoms with Crippen LogP contribution >= 0.6 is 0 Å². The Labute approximate surface area is 134 Å². The molecule has 0 bridgehead atoms. The van der Waals surface area contributed by atoms with E-state index in [-0.39, 0.29) is 0 Å². The highest BCUT2D eigenvalue weighted by atomic mass is 14.8. The Bertz CT molecular complexity index is 208. The van der Waals surface area contributed by atoms with Crippen molar-refractivity contribution in [1.29, 1.82) is 0 Å². The topological polar surface area (TPSA) is 12.0 Å². The van der Waals surface area contributed by atoms with Crippen LogP contribution < -0.4 is 5.32 Å². The van der Waals surface area contributed by atoms with Crippen molar-refractivity contribution in [3.8, 4) is 0 Å². The summed E-state index contributed by atoms with van der Waals surface area (Å²) in [6.45, 7) is 3.55. The third-order valence-corrected chi connectivity index (χ3v) is 5.46. The minimum absolute atomic E-state index is 0.964. The van der Waals surface area contributed by atoms with Crippen molar-refractivity contribution in [3.05, 3.63) is 0 Å². The molecular formula is C20H41N. The molecular weight excluding hydrogens is 254 g/mol. The van der Waals surface area contributed by atoms with Gasteiger partial charge in [-0.1, -0.05) is 96.8 Å². The van der Waals surface area contributed by atoms with Gasteiger partial charge < -0.3 is 5.32 Å². The first kappa shape index (κ1) is 19.0. The normalized spacial score (nSPS) is 17.4. The van der Waals surface area contributed by atoms with Crippen molar-refractivity contribution >= 4 is 0 Å². The van der Waals surface area contributed by atoms with Crippen molar-refractivity contribution in [2.75, 3.05) is 13.6 Å². The Kier molecular flexibility index (Phi) is 12.3. The van der Waals surface area contributed by atoms with Gasteiger partial charge in [-0.3, -0.25) is 0 Å². The van der Waals surface area contributed by atoms with E-state index in [9.17, 15) is 0 Å². The second kappa shape index (κ2) is 13.6. The average molecular weight is 296 g/mol. The maximum absolute atomic E-state index is 3.43. The summed E-state index contributed by atoms with van der Waals surface area (Å²) >= 11 is 0. The van der Waals surface area contributed by atoms with Crippen LogP contribution in [0.15, 0.2) is 0 Å². The maximum atomic E-state index is 3.43. The summed E-state index contributed by atoms with van der Waals surface area (Å²) in [5.74, 6) is 2.00. The molecule has 1 N–H and O–H groups in total. The molecule has 0 heterocycles. The van der Waals surface area contributed by atoms with Crippen LogP contribution in [0.1, 0.15) is 103 Å². The molecule has 1 unspecified atom stereocenters. The van der Waals surface area contributed by atoms with E-state index in [2.05, 4.69) is 19.3 Å². The molecule has 126 valence electrons. The molecule has 0 aromatic carbocycles. The van der Waals surface area contributed by atoms with Crippen LogP contribution in [0.5, 0.6) is 0 Å². The van der Waals surface area contributed by atoms with E-state index >= 15 is 0 Å². The largest absolute Gasteiger partial charge is 0.319 e. The molecule has 0 saturated heterocycles. The first-order chi connectivity index (χ1) is 10.4. The molecule has 0 spiro atoms. The fraction of sp³-hybridized carbons (Fsp3) is 1.00. The van der Waals surface area contributed by atoms with Crippen molar-refractivity contribution in [2.24, 2.45) is 11.8 Å². The minimum atomic E-state index is 0.964. The summed E-state index contributed by atoms with van der Waals surface area (Å²) < 4.78 is 0. The van der Waals surface area contributed by atoms with E-state index < -0.39 is 0 Å². The fourth-order valence-electron chi connectivity index (χ4n) is 4.09. The fourth-order valence-corrected chi connectivity index (χ4v) is 4.09. The van der Waals surface area contributed by atoms with Gasteiger partial charge in [0.25, 0.3) is 0 Å². The smallest absolute Gasteiger partial charge is 0.00209 e. The van der Waals surface area contributed by atoms with Gasteiger partial charge in [-0.2, -0.15) is 0 Å². The van der Waals surface area contributed by atoms with Crippen LogP contribution in [0.3, 0.4) is 0 Å². The number of hydrogen-bond acceptors (Lipinski definition) is 1. The summed E-state index contributed by atoms with van der Waals surface area (Å²) in [5, 5.41) is 3.43. The highest BCUT2D eigenvalue weighted by Gasteiger charge is 2.23. The summed E-state index contributed by atoms with van der Waals surface area (Å²) in [4.78, 5) is 0. The monoisotopic (exact) mass is 295 g/mol. The SMILES string of the molecule is CCCCCCCCCCCCC(CNC)C1CCCC1. The van der Waals surface area contributed by atoms with E-state index in [0.717, 1.165) is 11.8 Å². The van der Waals surface area contributed by atoms with Crippen molar-refractivity contribution < 1.29 is 0 Å². The lowest BCUT2D eigenvalue weighted by molar-refractivity contribution is 0.301. The molecule has 0 radical (unpaired) electrons. The molecule has 1 aliphatic carbocycles. The molecule has 0 aromatic heterocycles. The van der Waals surface area contributed by atoms with Gasteiger partial charge in [0.2, 0.25) is 0 Å². The molecule has 1 fully saturated rings. The lowest BCUT2D eigenvalue weighted by Gasteiger charge is -2.23.